The van der Waals surface area contributed by atoms with Crippen LogP contribution < -0.4 is 10.1 Å². The quantitative estimate of drug-likeness (QED) is 0.835. The minimum Gasteiger partial charge on any atom is -0.492 e. The van der Waals surface area contributed by atoms with E-state index in [2.05, 4.69) is 10.3 Å². The van der Waals surface area contributed by atoms with Crippen molar-refractivity contribution in [3.8, 4) is 5.75 Å². The Morgan fingerprint density at radius 2 is 1.62 bits per heavy atom. The molecule has 0 radical (unpaired) electrons. The molecule has 1 saturated heterocycles. The molecule has 1 aliphatic heterocycles. The molecule has 1 aromatic heterocycles. The molecular weight excluding hydrogens is 372 g/mol. The Hall–Kier alpha value is -3.42. The van der Waals surface area contributed by atoms with E-state index in [9.17, 15) is 14.4 Å². The number of aromatic nitrogens is 1. The van der Waals surface area contributed by atoms with E-state index in [0.717, 1.165) is 0 Å². The van der Waals surface area contributed by atoms with Crippen molar-refractivity contribution < 1.29 is 19.1 Å². The van der Waals surface area contributed by atoms with Crippen molar-refractivity contribution in [3.63, 3.8) is 0 Å². The Balaban J connectivity index is 1.70. The highest BCUT2D eigenvalue weighted by Gasteiger charge is 2.24. The summed E-state index contributed by atoms with van der Waals surface area (Å²) in [6.45, 7) is 5.74. The van der Waals surface area contributed by atoms with Gasteiger partial charge in [0.25, 0.3) is 11.8 Å². The topological polar surface area (TPSA) is 91.8 Å². The van der Waals surface area contributed by atoms with Crippen molar-refractivity contribution in [2.45, 2.75) is 13.8 Å². The number of rotatable bonds is 5. The molecule has 2 aromatic rings. The predicted octanol–water partition coefficient (Wildman–Crippen LogP) is 2.04. The van der Waals surface area contributed by atoms with Crippen LogP contribution in [-0.2, 0) is 4.79 Å². The molecule has 0 saturated carbocycles. The first-order valence-electron chi connectivity index (χ1n) is 9.54. The van der Waals surface area contributed by atoms with Gasteiger partial charge in [-0.3, -0.25) is 14.4 Å². The number of pyridine rings is 1. The first-order chi connectivity index (χ1) is 14.0. The number of para-hydroxylation sites is 2. The summed E-state index contributed by atoms with van der Waals surface area (Å²) in [4.78, 5) is 44.4. The van der Waals surface area contributed by atoms with Crippen molar-refractivity contribution >= 4 is 23.4 Å². The van der Waals surface area contributed by atoms with Gasteiger partial charge in [0.2, 0.25) is 5.91 Å². The van der Waals surface area contributed by atoms with E-state index in [1.165, 1.54) is 6.92 Å². The summed E-state index contributed by atoms with van der Waals surface area (Å²) in [5, 5.41) is 2.78. The summed E-state index contributed by atoms with van der Waals surface area (Å²) >= 11 is 0. The zero-order chi connectivity index (χ0) is 20.8. The van der Waals surface area contributed by atoms with Crippen LogP contribution in [0.25, 0.3) is 0 Å². The largest absolute Gasteiger partial charge is 0.492 e. The van der Waals surface area contributed by atoms with Crippen molar-refractivity contribution in [2.75, 3.05) is 38.1 Å². The summed E-state index contributed by atoms with van der Waals surface area (Å²) in [5.41, 5.74) is 0.884. The zero-order valence-electron chi connectivity index (χ0n) is 16.6. The van der Waals surface area contributed by atoms with Crippen molar-refractivity contribution in [3.05, 3.63) is 53.9 Å². The highest BCUT2D eigenvalue weighted by molar-refractivity contribution is 6.04. The van der Waals surface area contributed by atoms with Gasteiger partial charge in [-0.2, -0.15) is 0 Å². The van der Waals surface area contributed by atoms with Crippen LogP contribution >= 0.6 is 0 Å². The third-order valence-corrected chi connectivity index (χ3v) is 4.65. The fourth-order valence-corrected chi connectivity index (χ4v) is 3.10. The van der Waals surface area contributed by atoms with Gasteiger partial charge in [0, 0.05) is 33.1 Å². The van der Waals surface area contributed by atoms with E-state index in [1.807, 2.05) is 13.0 Å². The SMILES string of the molecule is CCOc1ccccc1NC(=O)c1cccc(C(=O)N2CCN(C(C)=O)CC2)n1. The molecule has 3 rings (SSSR count). The Morgan fingerprint density at radius 3 is 2.31 bits per heavy atom. The van der Waals surface area contributed by atoms with Crippen LogP contribution in [0.4, 0.5) is 5.69 Å². The molecule has 2 heterocycles. The Labute approximate surface area is 169 Å². The highest BCUT2D eigenvalue weighted by atomic mass is 16.5. The summed E-state index contributed by atoms with van der Waals surface area (Å²) in [6, 6.07) is 11.9. The van der Waals surface area contributed by atoms with Gasteiger partial charge in [-0.25, -0.2) is 4.98 Å². The molecule has 0 unspecified atom stereocenters. The molecule has 3 amide bonds. The van der Waals surface area contributed by atoms with Crippen LogP contribution in [0.15, 0.2) is 42.5 Å². The number of anilines is 1. The number of nitrogens with zero attached hydrogens (tertiary/aromatic N) is 3. The van der Waals surface area contributed by atoms with Gasteiger partial charge in [0.15, 0.2) is 0 Å². The van der Waals surface area contributed by atoms with E-state index < -0.39 is 5.91 Å². The lowest BCUT2D eigenvalue weighted by atomic mass is 10.2. The number of benzene rings is 1. The molecule has 1 fully saturated rings. The van der Waals surface area contributed by atoms with Crippen LogP contribution in [0.1, 0.15) is 34.8 Å². The van der Waals surface area contributed by atoms with Crippen molar-refractivity contribution in [1.29, 1.82) is 0 Å². The maximum atomic E-state index is 12.8. The normalized spacial score (nSPS) is 13.7. The fraction of sp³-hybridized carbons (Fsp3) is 0.333. The molecule has 0 aliphatic carbocycles. The maximum absolute atomic E-state index is 12.8. The molecule has 8 heteroatoms. The van der Waals surface area contributed by atoms with Gasteiger partial charge in [-0.1, -0.05) is 18.2 Å². The number of hydrogen-bond acceptors (Lipinski definition) is 5. The van der Waals surface area contributed by atoms with Crippen LogP contribution in [0.3, 0.4) is 0 Å². The lowest BCUT2D eigenvalue weighted by Crippen LogP contribution is -2.50. The van der Waals surface area contributed by atoms with E-state index >= 15 is 0 Å². The van der Waals surface area contributed by atoms with Gasteiger partial charge in [0.05, 0.1) is 12.3 Å². The first kappa shape index (κ1) is 20.3. The number of amides is 3. The summed E-state index contributed by atoms with van der Waals surface area (Å²) in [6.07, 6.45) is 0. The third kappa shape index (κ3) is 4.90. The molecular formula is C21H24N4O4. The molecule has 0 bridgehead atoms. The average molecular weight is 396 g/mol. The zero-order valence-corrected chi connectivity index (χ0v) is 16.6. The van der Waals surface area contributed by atoms with Gasteiger partial charge in [-0.15, -0.1) is 0 Å². The minimum absolute atomic E-state index is 0.00114. The number of ether oxygens (including phenoxy) is 1. The summed E-state index contributed by atoms with van der Waals surface area (Å²) in [7, 11) is 0. The average Bonchev–Trinajstić information content (AvgIpc) is 2.75. The second kappa shape index (κ2) is 9.18. The molecule has 0 atom stereocenters. The second-order valence-corrected chi connectivity index (χ2v) is 6.59. The highest BCUT2D eigenvalue weighted by Crippen LogP contribution is 2.24. The van der Waals surface area contributed by atoms with Gasteiger partial charge in [-0.05, 0) is 31.2 Å². The Kier molecular flexibility index (Phi) is 6.43. The smallest absolute Gasteiger partial charge is 0.274 e. The fourth-order valence-electron chi connectivity index (χ4n) is 3.10. The summed E-state index contributed by atoms with van der Waals surface area (Å²) < 4.78 is 5.52. The van der Waals surface area contributed by atoms with Gasteiger partial charge >= 0.3 is 0 Å². The molecule has 1 aromatic carbocycles. The van der Waals surface area contributed by atoms with Crippen molar-refractivity contribution in [1.82, 2.24) is 14.8 Å². The second-order valence-electron chi connectivity index (χ2n) is 6.59. The number of nitrogens with one attached hydrogen (secondary N) is 1. The van der Waals surface area contributed by atoms with E-state index in [1.54, 1.807) is 46.2 Å². The minimum atomic E-state index is -0.423. The molecule has 152 valence electrons. The number of carbonyl (C=O) groups excluding carboxylic acids is 3. The van der Waals surface area contributed by atoms with Crippen LogP contribution in [0.2, 0.25) is 0 Å². The molecule has 29 heavy (non-hydrogen) atoms. The molecule has 1 N–H and O–H groups in total. The number of hydrogen-bond donors (Lipinski definition) is 1. The predicted molar refractivity (Wildman–Crippen MR) is 108 cm³/mol. The lowest BCUT2D eigenvalue weighted by molar-refractivity contribution is -0.130. The molecule has 1 aliphatic rings. The third-order valence-electron chi connectivity index (χ3n) is 4.65. The van der Waals surface area contributed by atoms with Gasteiger partial charge in [0.1, 0.15) is 17.1 Å². The van der Waals surface area contributed by atoms with Crippen molar-refractivity contribution in [2.24, 2.45) is 0 Å². The van der Waals surface area contributed by atoms with Crippen LogP contribution in [0, 0.1) is 0 Å². The summed E-state index contributed by atoms with van der Waals surface area (Å²) in [5.74, 6) is -0.106. The van der Waals surface area contributed by atoms with Crippen LogP contribution in [0.5, 0.6) is 5.75 Å². The Bertz CT molecular complexity index is 907. The maximum Gasteiger partial charge on any atom is 0.274 e. The number of piperazine rings is 1. The van der Waals surface area contributed by atoms with E-state index in [4.69, 9.17) is 4.74 Å². The molecule has 0 spiro atoms. The van der Waals surface area contributed by atoms with E-state index in [-0.39, 0.29) is 23.2 Å². The monoisotopic (exact) mass is 396 g/mol. The lowest BCUT2D eigenvalue weighted by Gasteiger charge is -2.34. The first-order valence-corrected chi connectivity index (χ1v) is 9.54. The standard InChI is InChI=1S/C21H24N4O4/c1-3-29-19-10-5-4-7-16(19)23-20(27)17-8-6-9-18(22-17)21(28)25-13-11-24(12-14-25)15(2)26/h4-10H,3,11-14H2,1-2H3,(H,23,27). The van der Waals surface area contributed by atoms with E-state index in [0.29, 0.717) is 44.2 Å². The van der Waals surface area contributed by atoms with Gasteiger partial charge < -0.3 is 19.9 Å². The molecule has 8 nitrogen and oxygen atoms in total. The number of carbonyl (C=O) groups is 3. The van der Waals surface area contributed by atoms with Crippen LogP contribution in [-0.4, -0.2) is 65.3 Å². The Morgan fingerprint density at radius 1 is 0.966 bits per heavy atom.